The van der Waals surface area contributed by atoms with Crippen molar-refractivity contribution in [1.29, 1.82) is 0 Å². The number of hydrogen-bond acceptors (Lipinski definition) is 5. The van der Waals surface area contributed by atoms with Gasteiger partial charge in [0.15, 0.2) is 0 Å². The Morgan fingerprint density at radius 3 is 2.95 bits per heavy atom. The fraction of sp³-hybridized carbons (Fsp3) is 0.429. The number of amides is 1. The van der Waals surface area contributed by atoms with Gasteiger partial charge in [-0.1, -0.05) is 6.92 Å². The Bertz CT molecular complexity index is 825. The topological polar surface area (TPSA) is 120 Å². The molecule has 0 spiro atoms. The van der Waals surface area contributed by atoms with Crippen LogP contribution in [0, 0.1) is 5.92 Å². The quantitative estimate of drug-likeness (QED) is 0.587. The summed E-state index contributed by atoms with van der Waals surface area (Å²) in [7, 11) is 0. The van der Waals surface area contributed by atoms with E-state index in [0.717, 1.165) is 19.5 Å². The minimum Gasteiger partial charge on any atom is -0.349 e. The lowest BCUT2D eigenvalue weighted by Crippen LogP contribution is -2.48. The van der Waals surface area contributed by atoms with Crippen LogP contribution in [0.4, 0.5) is 0 Å². The van der Waals surface area contributed by atoms with Crippen LogP contribution in [0.15, 0.2) is 21.9 Å². The molecule has 116 valence electrons. The molecule has 0 saturated carbocycles. The Kier molecular flexibility index (Phi) is 3.76. The molecule has 1 saturated heterocycles. The van der Waals surface area contributed by atoms with Gasteiger partial charge < -0.3 is 10.6 Å². The van der Waals surface area contributed by atoms with Crippen molar-refractivity contribution in [3.05, 3.63) is 38.7 Å². The normalized spacial score (nSPS) is 21.7. The molecule has 22 heavy (non-hydrogen) atoms. The standard InChI is InChI=1S/C14H17N5O3/c1-7-5-15-3-2-10(7)17-12(20)8-4-9-11(16-6-8)18-14(22)19-13(9)21/h4,6-7,10,15H,2-3,5H2,1H3,(H,17,20)(H2,16,18,19,21,22). The number of fused-ring (bicyclic) bond motifs is 1. The van der Waals surface area contributed by atoms with E-state index in [-0.39, 0.29) is 23.0 Å². The molecule has 1 amide bonds. The number of H-pyrrole nitrogens is 2. The molecule has 3 rings (SSSR count). The van der Waals surface area contributed by atoms with E-state index < -0.39 is 11.2 Å². The number of hydrogen-bond donors (Lipinski definition) is 4. The van der Waals surface area contributed by atoms with E-state index in [9.17, 15) is 14.4 Å². The molecule has 2 aromatic rings. The van der Waals surface area contributed by atoms with Gasteiger partial charge in [0, 0.05) is 12.2 Å². The average Bonchev–Trinajstić information content (AvgIpc) is 2.49. The first kappa shape index (κ1) is 14.5. The maximum atomic E-state index is 12.3. The van der Waals surface area contributed by atoms with Gasteiger partial charge in [-0.3, -0.25) is 19.6 Å². The lowest BCUT2D eigenvalue weighted by Gasteiger charge is -2.30. The van der Waals surface area contributed by atoms with Gasteiger partial charge in [0.1, 0.15) is 5.65 Å². The molecule has 2 unspecified atom stereocenters. The molecule has 8 heteroatoms. The van der Waals surface area contributed by atoms with Gasteiger partial charge in [0.2, 0.25) is 0 Å². The molecule has 2 aromatic heterocycles. The molecule has 1 aliphatic rings. The zero-order valence-electron chi connectivity index (χ0n) is 12.1. The maximum absolute atomic E-state index is 12.3. The fourth-order valence-corrected chi connectivity index (χ4v) is 2.65. The molecule has 4 N–H and O–H groups in total. The Balaban J connectivity index is 1.88. The first-order valence-electron chi connectivity index (χ1n) is 7.18. The molecule has 0 aromatic carbocycles. The number of piperidine rings is 1. The molecule has 1 aliphatic heterocycles. The van der Waals surface area contributed by atoms with Crippen LogP contribution in [-0.2, 0) is 0 Å². The van der Waals surface area contributed by atoms with Crippen molar-refractivity contribution in [1.82, 2.24) is 25.6 Å². The summed E-state index contributed by atoms with van der Waals surface area (Å²) in [6.45, 7) is 3.80. The molecular formula is C14H17N5O3. The lowest BCUT2D eigenvalue weighted by molar-refractivity contribution is 0.0914. The first-order chi connectivity index (χ1) is 10.5. The van der Waals surface area contributed by atoms with Crippen LogP contribution < -0.4 is 21.9 Å². The Hall–Kier alpha value is -2.48. The van der Waals surface area contributed by atoms with Crippen LogP contribution >= 0.6 is 0 Å². The van der Waals surface area contributed by atoms with E-state index in [4.69, 9.17) is 0 Å². The minimum absolute atomic E-state index is 0.0957. The largest absolute Gasteiger partial charge is 0.349 e. The van der Waals surface area contributed by atoms with Gasteiger partial charge in [-0.2, -0.15) is 0 Å². The van der Waals surface area contributed by atoms with Crippen molar-refractivity contribution in [3.8, 4) is 0 Å². The number of nitrogens with zero attached hydrogens (tertiary/aromatic N) is 1. The zero-order valence-corrected chi connectivity index (χ0v) is 12.1. The summed E-state index contributed by atoms with van der Waals surface area (Å²) >= 11 is 0. The number of rotatable bonds is 2. The number of carbonyl (C=O) groups is 1. The second kappa shape index (κ2) is 5.72. The van der Waals surface area contributed by atoms with Gasteiger partial charge in [0.05, 0.1) is 10.9 Å². The van der Waals surface area contributed by atoms with Gasteiger partial charge in [-0.05, 0) is 31.5 Å². The Morgan fingerprint density at radius 1 is 1.36 bits per heavy atom. The third-order valence-electron chi connectivity index (χ3n) is 3.96. The van der Waals surface area contributed by atoms with Crippen LogP contribution in [0.2, 0.25) is 0 Å². The highest BCUT2D eigenvalue weighted by atomic mass is 16.2. The predicted molar refractivity (Wildman–Crippen MR) is 80.9 cm³/mol. The molecule has 3 heterocycles. The minimum atomic E-state index is -0.620. The summed E-state index contributed by atoms with van der Waals surface area (Å²) in [5, 5.41) is 6.43. The molecule has 8 nitrogen and oxygen atoms in total. The van der Waals surface area contributed by atoms with Gasteiger partial charge >= 0.3 is 5.69 Å². The van der Waals surface area contributed by atoms with Gasteiger partial charge in [-0.25, -0.2) is 9.78 Å². The number of aromatic nitrogens is 3. The fourth-order valence-electron chi connectivity index (χ4n) is 2.65. The van der Waals surface area contributed by atoms with Crippen LogP contribution in [0.5, 0.6) is 0 Å². The highest BCUT2D eigenvalue weighted by Gasteiger charge is 2.23. The molecule has 0 radical (unpaired) electrons. The van der Waals surface area contributed by atoms with Gasteiger partial charge in [0.25, 0.3) is 11.5 Å². The van der Waals surface area contributed by atoms with E-state index in [1.165, 1.54) is 12.3 Å². The van der Waals surface area contributed by atoms with E-state index >= 15 is 0 Å². The summed E-state index contributed by atoms with van der Waals surface area (Å²) in [5.41, 5.74) is -0.710. The SMILES string of the molecule is CC1CNCCC1NC(=O)c1cnc2[nH]c(=O)[nH]c(=O)c2c1. The zero-order chi connectivity index (χ0) is 15.7. The first-order valence-corrected chi connectivity index (χ1v) is 7.18. The second-order valence-electron chi connectivity index (χ2n) is 5.58. The second-order valence-corrected chi connectivity index (χ2v) is 5.58. The van der Waals surface area contributed by atoms with E-state index in [2.05, 4.69) is 32.5 Å². The monoisotopic (exact) mass is 303 g/mol. The highest BCUT2D eigenvalue weighted by molar-refractivity contribution is 5.96. The average molecular weight is 303 g/mol. The molecule has 2 atom stereocenters. The number of carbonyl (C=O) groups excluding carboxylic acids is 1. The van der Waals surface area contributed by atoms with Crippen LogP contribution in [0.3, 0.4) is 0 Å². The third-order valence-corrected chi connectivity index (χ3v) is 3.96. The van der Waals surface area contributed by atoms with Crippen molar-refractivity contribution in [2.75, 3.05) is 13.1 Å². The number of pyridine rings is 1. The maximum Gasteiger partial charge on any atom is 0.327 e. The predicted octanol–water partition coefficient (Wildman–Crippen LogP) is -0.661. The van der Waals surface area contributed by atoms with Gasteiger partial charge in [-0.15, -0.1) is 0 Å². The number of nitrogens with one attached hydrogen (secondary N) is 4. The highest BCUT2D eigenvalue weighted by Crippen LogP contribution is 2.12. The molecule has 0 bridgehead atoms. The van der Waals surface area contributed by atoms with Crippen molar-refractivity contribution in [3.63, 3.8) is 0 Å². The van der Waals surface area contributed by atoms with E-state index in [0.29, 0.717) is 11.5 Å². The summed E-state index contributed by atoms with van der Waals surface area (Å²) in [6, 6.07) is 1.54. The summed E-state index contributed by atoms with van der Waals surface area (Å²) in [6.07, 6.45) is 2.22. The molecular weight excluding hydrogens is 286 g/mol. The van der Waals surface area contributed by atoms with Crippen LogP contribution in [0.1, 0.15) is 23.7 Å². The van der Waals surface area contributed by atoms with Crippen molar-refractivity contribution in [2.24, 2.45) is 5.92 Å². The van der Waals surface area contributed by atoms with Crippen LogP contribution in [0.25, 0.3) is 11.0 Å². The van der Waals surface area contributed by atoms with Crippen LogP contribution in [-0.4, -0.2) is 40.0 Å². The summed E-state index contributed by atoms with van der Waals surface area (Å²) < 4.78 is 0. The van der Waals surface area contributed by atoms with Crippen molar-refractivity contribution in [2.45, 2.75) is 19.4 Å². The summed E-state index contributed by atoms with van der Waals surface area (Å²) in [4.78, 5) is 43.8. The summed E-state index contributed by atoms with van der Waals surface area (Å²) in [5.74, 6) is 0.0737. The van der Waals surface area contributed by atoms with Crippen molar-refractivity contribution < 1.29 is 4.79 Å². The third kappa shape index (κ3) is 2.77. The number of aromatic amines is 2. The molecule has 0 aliphatic carbocycles. The molecule has 1 fully saturated rings. The Morgan fingerprint density at radius 2 is 2.18 bits per heavy atom. The van der Waals surface area contributed by atoms with E-state index in [1.807, 2.05) is 0 Å². The van der Waals surface area contributed by atoms with E-state index in [1.54, 1.807) is 0 Å². The Labute approximate surface area is 125 Å². The van der Waals surface area contributed by atoms with Crippen molar-refractivity contribution >= 4 is 16.9 Å². The lowest BCUT2D eigenvalue weighted by atomic mass is 9.95. The smallest absolute Gasteiger partial charge is 0.327 e.